The topological polar surface area (TPSA) is 169 Å². The molecule has 1 aromatic heterocycles. The normalized spacial score (nSPS) is 20.6. The quantitative estimate of drug-likeness (QED) is 0.162. The van der Waals surface area contributed by atoms with Gasteiger partial charge < -0.3 is 29.7 Å². The summed E-state index contributed by atoms with van der Waals surface area (Å²) in [6.07, 6.45) is 11.4. The van der Waals surface area contributed by atoms with Crippen molar-refractivity contribution in [2.24, 2.45) is 11.8 Å². The van der Waals surface area contributed by atoms with E-state index in [9.17, 15) is 28.8 Å². The highest BCUT2D eigenvalue weighted by atomic mass is 19.1. The minimum Gasteiger partial charge on any atom is -0.375 e. The number of fused-ring (bicyclic) bond motifs is 1. The highest BCUT2D eigenvalue weighted by Crippen LogP contribution is 2.35. The maximum atomic E-state index is 15.4. The lowest BCUT2D eigenvalue weighted by Gasteiger charge is -2.40. The van der Waals surface area contributed by atoms with E-state index in [2.05, 4.69) is 20.4 Å². The van der Waals surface area contributed by atoms with Gasteiger partial charge in [0.15, 0.2) is 0 Å². The predicted octanol–water partition coefficient (Wildman–Crippen LogP) is 6.04. The Labute approximate surface area is 425 Å². The first kappa shape index (κ1) is 50.5. The molecule has 388 valence electrons. The number of nitrogens with zero attached hydrogens (tertiary/aromatic N) is 6. The summed E-state index contributed by atoms with van der Waals surface area (Å²) in [7, 11) is 0. The van der Waals surface area contributed by atoms with Crippen LogP contribution in [0.5, 0.6) is 0 Å². The summed E-state index contributed by atoms with van der Waals surface area (Å²) in [6.45, 7) is 5.32. The zero-order chi connectivity index (χ0) is 50.6. The maximum Gasteiger partial charge on any atom is 0.272 e. The van der Waals surface area contributed by atoms with Gasteiger partial charge in [0, 0.05) is 83.2 Å². The molecule has 17 heteroatoms. The fourth-order valence-electron chi connectivity index (χ4n) is 11.9. The van der Waals surface area contributed by atoms with Crippen molar-refractivity contribution < 1.29 is 37.5 Å². The number of halogens is 2. The summed E-state index contributed by atoms with van der Waals surface area (Å²) >= 11 is 0. The van der Waals surface area contributed by atoms with E-state index >= 15 is 8.78 Å². The van der Waals surface area contributed by atoms with Gasteiger partial charge in [0.05, 0.1) is 41.0 Å². The number of ether oxygens (including phenoxy) is 1. The zero-order valence-electron chi connectivity index (χ0n) is 41.7. The van der Waals surface area contributed by atoms with E-state index in [1.165, 1.54) is 12.1 Å². The summed E-state index contributed by atoms with van der Waals surface area (Å²) < 4.78 is 37.1. The first-order valence-electron chi connectivity index (χ1n) is 26.8. The average molecular weight is 1000 g/mol. The van der Waals surface area contributed by atoms with Crippen molar-refractivity contribution in [3.8, 4) is 0 Å². The van der Waals surface area contributed by atoms with E-state index in [4.69, 9.17) is 4.74 Å². The van der Waals surface area contributed by atoms with Crippen molar-refractivity contribution >= 4 is 40.3 Å². The van der Waals surface area contributed by atoms with Crippen LogP contribution in [0.15, 0.2) is 65.5 Å². The van der Waals surface area contributed by atoms with Gasteiger partial charge in [0.2, 0.25) is 17.7 Å². The Kier molecular flexibility index (Phi) is 15.6. The Morgan fingerprint density at radius 3 is 1.99 bits per heavy atom. The molecule has 4 aromatic rings. The molecule has 2 N–H and O–H groups in total. The molecule has 5 amide bonds. The number of hydrogen-bond donors (Lipinski definition) is 2. The molecule has 0 radical (unpaired) electrons. The number of carbonyl (C=O) groups excluding carboxylic acids is 5. The number of benzene rings is 3. The van der Waals surface area contributed by atoms with E-state index < -0.39 is 29.5 Å². The molecule has 3 aromatic carbocycles. The molecule has 10 rings (SSSR count). The SMILES string of the molecule is O=C(NC(C(=O)N1CCC(OC2CCN(CC(=O)N3CCN(C(=O)c4cc(Cc5n[nH]c(=O)c6ccccc56)ccc4F)CC3)CC2)CC1)C1CCCCC1)c1cc(C2CCN(C(=O)C3CC3)CC2)ccc1F. The fraction of sp³-hybridized carbons (Fsp3) is 0.554. The van der Waals surface area contributed by atoms with E-state index in [0.717, 1.165) is 76.2 Å². The van der Waals surface area contributed by atoms with Crippen LogP contribution in [-0.4, -0.2) is 154 Å². The largest absolute Gasteiger partial charge is 0.375 e. The number of amides is 5. The van der Waals surface area contributed by atoms with Gasteiger partial charge in [-0.15, -0.1) is 0 Å². The van der Waals surface area contributed by atoms with Gasteiger partial charge in [-0.3, -0.25) is 33.7 Å². The summed E-state index contributed by atoms with van der Waals surface area (Å²) in [6, 6.07) is 15.6. The third-order valence-electron chi connectivity index (χ3n) is 16.5. The van der Waals surface area contributed by atoms with Gasteiger partial charge >= 0.3 is 0 Å². The van der Waals surface area contributed by atoms with E-state index in [0.29, 0.717) is 93.7 Å². The van der Waals surface area contributed by atoms with Crippen molar-refractivity contribution in [3.05, 3.63) is 111 Å². The number of nitrogens with one attached hydrogen (secondary N) is 2. The third-order valence-corrected chi connectivity index (χ3v) is 16.5. The van der Waals surface area contributed by atoms with Gasteiger partial charge in [-0.05, 0) is 118 Å². The first-order chi connectivity index (χ1) is 35.4. The van der Waals surface area contributed by atoms with E-state index in [1.54, 1.807) is 46.2 Å². The van der Waals surface area contributed by atoms with E-state index in [1.807, 2.05) is 21.9 Å². The van der Waals surface area contributed by atoms with Gasteiger partial charge in [0.25, 0.3) is 17.4 Å². The second kappa shape index (κ2) is 22.6. The first-order valence-corrected chi connectivity index (χ1v) is 26.8. The predicted molar refractivity (Wildman–Crippen MR) is 270 cm³/mol. The Morgan fingerprint density at radius 1 is 0.658 bits per heavy atom. The van der Waals surface area contributed by atoms with Crippen molar-refractivity contribution in [1.29, 1.82) is 0 Å². The molecule has 2 aliphatic carbocycles. The molecule has 1 unspecified atom stereocenters. The molecule has 0 spiro atoms. The van der Waals surface area contributed by atoms with Crippen LogP contribution in [0.4, 0.5) is 8.78 Å². The number of aromatic amines is 1. The number of piperazine rings is 1. The lowest BCUT2D eigenvalue weighted by molar-refractivity contribution is -0.140. The van der Waals surface area contributed by atoms with Crippen molar-refractivity contribution in [1.82, 2.24) is 40.0 Å². The van der Waals surface area contributed by atoms with Gasteiger partial charge in [-0.25, -0.2) is 13.9 Å². The summed E-state index contributed by atoms with van der Waals surface area (Å²) in [5.41, 5.74) is 1.82. The monoisotopic (exact) mass is 1000 g/mol. The Bertz CT molecular complexity index is 2730. The molecule has 73 heavy (non-hydrogen) atoms. The Morgan fingerprint density at radius 2 is 1.29 bits per heavy atom. The minimum absolute atomic E-state index is 0.00628. The smallest absolute Gasteiger partial charge is 0.272 e. The van der Waals surface area contributed by atoms with Crippen LogP contribution in [0.1, 0.15) is 127 Å². The standard InChI is InChI=1S/C56H68F2N8O7/c57-47-15-13-40(37-16-24-64(25-17-37)54(70)39-11-12-39)34-45(47)52(68)59-51(38-6-2-1-3-7-38)56(72)65-26-20-42(21-27-65)73-41-18-22-62(23-19-41)35-50(67)63-28-30-66(31-29-63)55(71)46-32-36(10-14-48(46)58)33-49-43-8-4-5-9-44(43)53(69)61-60-49/h4-5,8-10,13-15,32,34,37-39,41-42,51H,1-3,6-7,11-12,16-31,33,35H2,(H,59,68)(H,61,69). The molecular weight excluding hydrogens is 935 g/mol. The zero-order valence-corrected chi connectivity index (χ0v) is 41.7. The Hall–Kier alpha value is -6.07. The summed E-state index contributed by atoms with van der Waals surface area (Å²) in [5.74, 6) is -1.80. The number of carbonyl (C=O) groups is 5. The van der Waals surface area contributed by atoms with Gasteiger partial charge in [-0.1, -0.05) is 49.6 Å². The minimum atomic E-state index is -0.738. The Balaban J connectivity index is 0.659. The number of likely N-dealkylation sites (tertiary alicyclic amines) is 3. The molecule has 15 nitrogen and oxygen atoms in total. The molecular formula is C56H68F2N8O7. The van der Waals surface area contributed by atoms with Crippen LogP contribution in [-0.2, 0) is 25.5 Å². The van der Waals surface area contributed by atoms with Crippen molar-refractivity contribution in [3.63, 3.8) is 0 Å². The lowest BCUT2D eigenvalue weighted by Crippen LogP contribution is -2.55. The molecule has 5 heterocycles. The van der Waals surface area contributed by atoms with Crippen molar-refractivity contribution in [2.45, 2.75) is 114 Å². The van der Waals surface area contributed by atoms with Crippen molar-refractivity contribution in [2.75, 3.05) is 72.0 Å². The second-order valence-corrected chi connectivity index (χ2v) is 21.3. The van der Waals surface area contributed by atoms with Gasteiger partial charge in [0.1, 0.15) is 17.7 Å². The molecule has 6 fully saturated rings. The lowest BCUT2D eigenvalue weighted by atomic mass is 9.83. The molecule has 6 aliphatic rings. The highest BCUT2D eigenvalue weighted by molar-refractivity contribution is 5.98. The summed E-state index contributed by atoms with van der Waals surface area (Å²) in [4.78, 5) is 89.5. The second-order valence-electron chi connectivity index (χ2n) is 21.3. The molecule has 2 saturated carbocycles. The van der Waals surface area contributed by atoms with Crippen LogP contribution in [0.3, 0.4) is 0 Å². The van der Waals surface area contributed by atoms with Gasteiger partial charge in [-0.2, -0.15) is 5.10 Å². The maximum absolute atomic E-state index is 15.4. The fourth-order valence-corrected chi connectivity index (χ4v) is 11.9. The summed E-state index contributed by atoms with van der Waals surface area (Å²) in [5, 5.41) is 11.0. The molecule has 1 atom stereocenters. The number of hydrogen-bond acceptors (Lipinski definition) is 9. The third kappa shape index (κ3) is 11.8. The van der Waals surface area contributed by atoms with Crippen LogP contribution in [0.25, 0.3) is 10.8 Å². The molecule has 4 aliphatic heterocycles. The molecule has 4 saturated heterocycles. The van der Waals surface area contributed by atoms with Crippen LogP contribution < -0.4 is 10.9 Å². The van der Waals surface area contributed by atoms with Crippen LogP contribution in [0.2, 0.25) is 0 Å². The number of H-pyrrole nitrogens is 1. The number of aromatic nitrogens is 2. The van der Waals surface area contributed by atoms with Crippen LogP contribution >= 0.6 is 0 Å². The van der Waals surface area contributed by atoms with E-state index in [-0.39, 0.29) is 84.0 Å². The average Bonchev–Trinajstić information content (AvgIpc) is 4.28. The highest BCUT2D eigenvalue weighted by Gasteiger charge is 2.38. The number of rotatable bonds is 13. The molecule has 0 bridgehead atoms. The number of piperidine rings is 3. The van der Waals surface area contributed by atoms with Crippen LogP contribution in [0, 0.1) is 23.5 Å².